The quantitative estimate of drug-likeness (QED) is 0.421. The molecule has 0 aromatic heterocycles. The Kier molecular flexibility index (Phi) is 7.63. The smallest absolute Gasteiger partial charge is 0.545 e. The van der Waals surface area contributed by atoms with Crippen LogP contribution >= 0.6 is 0 Å². The van der Waals surface area contributed by atoms with Crippen molar-refractivity contribution in [2.45, 2.75) is 0 Å². The zero-order valence-electron chi connectivity index (χ0n) is 7.94. The summed E-state index contributed by atoms with van der Waals surface area (Å²) < 4.78 is 0. The van der Waals surface area contributed by atoms with Gasteiger partial charge in [-0.05, 0) is 11.1 Å². The first-order valence-electron chi connectivity index (χ1n) is 3.14. The van der Waals surface area contributed by atoms with Crippen molar-refractivity contribution in [3.63, 3.8) is 0 Å². The molecule has 4 nitrogen and oxygen atoms in total. The minimum absolute atomic E-state index is 0. The van der Waals surface area contributed by atoms with E-state index < -0.39 is 11.9 Å². The van der Waals surface area contributed by atoms with Gasteiger partial charge in [0.05, 0.1) is 11.9 Å². The molecule has 1 rings (SSSR count). The molecule has 0 radical (unpaired) electrons. The summed E-state index contributed by atoms with van der Waals surface area (Å²) in [7, 11) is 0. The van der Waals surface area contributed by atoms with Gasteiger partial charge in [-0.25, -0.2) is 0 Å². The number of benzene rings is 1. The normalized spacial score (nSPS) is 8.00. The predicted octanol–water partition coefficient (Wildman–Crippen LogP) is -7.58. The van der Waals surface area contributed by atoms with E-state index in [1.807, 2.05) is 0 Å². The zero-order valence-corrected chi connectivity index (χ0v) is 7.94. The number of hydrogen-bond donors (Lipinski definition) is 0. The summed E-state index contributed by atoms with van der Waals surface area (Å²) in [5.41, 5.74) is -0.111. The van der Waals surface area contributed by atoms with Crippen LogP contribution in [0.3, 0.4) is 0 Å². The third-order valence-corrected chi connectivity index (χ3v) is 1.36. The molecule has 6 heteroatoms. The molecule has 14 heavy (non-hydrogen) atoms. The van der Waals surface area contributed by atoms with E-state index in [1.165, 1.54) is 0 Å². The van der Waals surface area contributed by atoms with E-state index in [1.54, 1.807) is 0 Å². The van der Waals surface area contributed by atoms with Gasteiger partial charge in [0.2, 0.25) is 0 Å². The number of carbonyl (C=O) groups excluding carboxylic acids is 2. The van der Waals surface area contributed by atoms with Crippen molar-refractivity contribution in [2.24, 2.45) is 0 Å². The van der Waals surface area contributed by atoms with Gasteiger partial charge in [0.15, 0.2) is 0 Å². The van der Waals surface area contributed by atoms with Gasteiger partial charge < -0.3 is 19.8 Å². The summed E-state index contributed by atoms with van der Waals surface area (Å²) in [5.74, 6) is -2.67. The van der Waals surface area contributed by atoms with E-state index in [-0.39, 0.29) is 48.8 Å². The molecule has 0 aliphatic rings. The molecular weight excluding hydrogens is 174 g/mol. The largest absolute Gasteiger partial charge is 1.00 e. The summed E-state index contributed by atoms with van der Waals surface area (Å²) in [6.07, 6.45) is 0. The zero-order chi connectivity index (χ0) is 9.14. The molecule has 0 bridgehead atoms. The fourth-order valence-corrected chi connectivity index (χ4v) is 0.742. The van der Waals surface area contributed by atoms with E-state index in [0.717, 1.165) is 24.3 Å². The van der Waals surface area contributed by atoms with Crippen LogP contribution in [0.4, 0.5) is 0 Å². The monoisotopic (exact) mass is 178 g/mol. The van der Waals surface area contributed by atoms with Crippen molar-refractivity contribution in [3.8, 4) is 0 Å². The molecule has 0 aliphatic heterocycles. The summed E-state index contributed by atoms with van der Waals surface area (Å²) in [5, 5.41) is 20.4. The molecule has 0 heterocycles. The van der Waals surface area contributed by atoms with Crippen molar-refractivity contribution in [1.82, 2.24) is 0 Å². The summed E-state index contributed by atoms with van der Waals surface area (Å²) in [4.78, 5) is 20.4. The van der Waals surface area contributed by atoms with Gasteiger partial charge in [0.25, 0.3) is 0 Å². The standard InChI is InChI=1S/C8H6O4.2Li/c9-7(10)5-1-2-6(4-3-5)8(11)12;;/h1-4H,(H,9,10)(H,11,12);;/q;2*+1/p-2. The minimum Gasteiger partial charge on any atom is -0.545 e. The Morgan fingerprint density at radius 1 is 0.786 bits per heavy atom. The number of aromatic carboxylic acids is 2. The van der Waals surface area contributed by atoms with E-state index in [4.69, 9.17) is 0 Å². The van der Waals surface area contributed by atoms with Crippen LogP contribution in [0.2, 0.25) is 0 Å². The Morgan fingerprint density at radius 3 is 1.14 bits per heavy atom. The topological polar surface area (TPSA) is 80.3 Å². The van der Waals surface area contributed by atoms with E-state index in [0.29, 0.717) is 0 Å². The van der Waals surface area contributed by atoms with Crippen LogP contribution < -0.4 is 47.9 Å². The molecule has 0 fully saturated rings. The van der Waals surface area contributed by atoms with Gasteiger partial charge in [-0.15, -0.1) is 0 Å². The SMILES string of the molecule is O=C([O-])c1ccc(C(=O)[O-])cc1.[Li+].[Li+]. The molecule has 0 amide bonds. The molecule has 0 aliphatic carbocycles. The van der Waals surface area contributed by atoms with Gasteiger partial charge in [-0.1, -0.05) is 24.3 Å². The van der Waals surface area contributed by atoms with Crippen molar-refractivity contribution in [3.05, 3.63) is 35.4 Å². The predicted molar refractivity (Wildman–Crippen MR) is 35.1 cm³/mol. The molecular formula is C8H4Li2O4. The second-order valence-corrected chi connectivity index (χ2v) is 2.15. The molecule has 1 aromatic rings. The Hall–Kier alpha value is -0.645. The van der Waals surface area contributed by atoms with Crippen LogP contribution in [-0.4, -0.2) is 11.9 Å². The Bertz CT molecular complexity index is 288. The second-order valence-electron chi connectivity index (χ2n) is 2.15. The third kappa shape index (κ3) is 4.04. The summed E-state index contributed by atoms with van der Waals surface area (Å²) in [6.45, 7) is 0. The van der Waals surface area contributed by atoms with Gasteiger partial charge in [-0.3, -0.25) is 0 Å². The van der Waals surface area contributed by atoms with Gasteiger partial charge in [0.1, 0.15) is 0 Å². The molecule has 0 N–H and O–H groups in total. The van der Waals surface area contributed by atoms with Crippen LogP contribution in [-0.2, 0) is 0 Å². The first-order chi connectivity index (χ1) is 5.61. The molecule has 62 valence electrons. The van der Waals surface area contributed by atoms with E-state index >= 15 is 0 Å². The van der Waals surface area contributed by atoms with Crippen LogP contribution in [0.15, 0.2) is 24.3 Å². The van der Waals surface area contributed by atoms with Crippen molar-refractivity contribution in [1.29, 1.82) is 0 Å². The van der Waals surface area contributed by atoms with Crippen molar-refractivity contribution in [2.75, 3.05) is 0 Å². The number of carboxylic acid groups (broad SMARTS) is 2. The number of hydrogen-bond acceptors (Lipinski definition) is 4. The molecule has 1 aromatic carbocycles. The Morgan fingerprint density at radius 2 is 1.00 bits per heavy atom. The van der Waals surface area contributed by atoms with Crippen molar-refractivity contribution >= 4 is 11.9 Å². The Labute approximate surface area is 105 Å². The summed E-state index contributed by atoms with van der Waals surface area (Å²) in [6, 6.07) is 4.61. The summed E-state index contributed by atoms with van der Waals surface area (Å²) >= 11 is 0. The van der Waals surface area contributed by atoms with Gasteiger partial charge >= 0.3 is 37.7 Å². The van der Waals surface area contributed by atoms with Crippen LogP contribution in [0.25, 0.3) is 0 Å². The maximum atomic E-state index is 10.2. The maximum Gasteiger partial charge on any atom is 1.00 e. The molecule has 0 spiro atoms. The van der Waals surface area contributed by atoms with Crippen molar-refractivity contribution < 1.29 is 57.5 Å². The average molecular weight is 178 g/mol. The van der Waals surface area contributed by atoms with Crippen LogP contribution in [0.5, 0.6) is 0 Å². The van der Waals surface area contributed by atoms with E-state index in [2.05, 4.69) is 0 Å². The average Bonchev–Trinajstić information content (AvgIpc) is 2.04. The van der Waals surface area contributed by atoms with E-state index in [9.17, 15) is 19.8 Å². The van der Waals surface area contributed by atoms with Gasteiger partial charge in [0, 0.05) is 0 Å². The Balaban J connectivity index is 0. The third-order valence-electron chi connectivity index (χ3n) is 1.36. The first kappa shape index (κ1) is 15.8. The minimum atomic E-state index is -1.33. The van der Waals surface area contributed by atoms with Gasteiger partial charge in [-0.2, -0.15) is 0 Å². The van der Waals surface area contributed by atoms with Crippen LogP contribution in [0, 0.1) is 0 Å². The number of carbonyl (C=O) groups is 2. The maximum absolute atomic E-state index is 10.2. The molecule has 0 unspecified atom stereocenters. The molecule has 0 atom stereocenters. The van der Waals surface area contributed by atoms with Crippen LogP contribution in [0.1, 0.15) is 20.7 Å². The fourth-order valence-electron chi connectivity index (χ4n) is 0.742. The first-order valence-corrected chi connectivity index (χ1v) is 3.14. The number of rotatable bonds is 2. The molecule has 0 saturated carbocycles. The molecule has 0 saturated heterocycles. The number of carboxylic acids is 2. The second kappa shape index (κ2) is 6.76. The fraction of sp³-hybridized carbons (Fsp3) is 0.